The van der Waals surface area contributed by atoms with Gasteiger partial charge in [-0.05, 0) is 25.5 Å². The Kier molecular flexibility index (Phi) is 4.11. The van der Waals surface area contributed by atoms with E-state index in [1.54, 1.807) is 24.3 Å². The number of aromatic hydroxyl groups is 1. The molecular weight excluding hydrogens is 304 g/mol. The number of amides is 1. The second-order valence-corrected chi connectivity index (χ2v) is 6.01. The summed E-state index contributed by atoms with van der Waals surface area (Å²) in [6.45, 7) is 3.89. The number of rotatable bonds is 3. The molecule has 0 aromatic heterocycles. The van der Waals surface area contributed by atoms with Gasteiger partial charge in [-0.25, -0.2) is 0 Å². The summed E-state index contributed by atoms with van der Waals surface area (Å²) in [7, 11) is 0. The number of aliphatic hydroxyl groups is 1. The summed E-state index contributed by atoms with van der Waals surface area (Å²) in [4.78, 5) is 12.9. The number of hydrogen-bond donors (Lipinski definition) is 2. The largest absolute Gasteiger partial charge is 0.507 e. The molecule has 0 aliphatic carbocycles. The van der Waals surface area contributed by atoms with Gasteiger partial charge in [0.1, 0.15) is 5.75 Å². The van der Waals surface area contributed by atoms with E-state index in [2.05, 4.69) is 5.10 Å². The van der Waals surface area contributed by atoms with Crippen LogP contribution in [-0.4, -0.2) is 26.8 Å². The Morgan fingerprint density at radius 1 is 1.21 bits per heavy atom. The van der Waals surface area contributed by atoms with Crippen LogP contribution in [0.25, 0.3) is 0 Å². The zero-order chi connectivity index (χ0) is 17.3. The Morgan fingerprint density at radius 3 is 2.50 bits per heavy atom. The van der Waals surface area contributed by atoms with Crippen LogP contribution < -0.4 is 0 Å². The molecule has 2 aromatic rings. The topological polar surface area (TPSA) is 73.1 Å². The highest BCUT2D eigenvalue weighted by atomic mass is 16.3. The third-order valence-electron chi connectivity index (χ3n) is 4.29. The number of hydrogen-bond acceptors (Lipinski definition) is 4. The van der Waals surface area contributed by atoms with Crippen molar-refractivity contribution in [3.05, 3.63) is 65.2 Å². The van der Waals surface area contributed by atoms with Gasteiger partial charge >= 0.3 is 0 Å². The van der Waals surface area contributed by atoms with E-state index >= 15 is 0 Å². The predicted octanol–water partition coefficient (Wildman–Crippen LogP) is 3.16. The Hall–Kier alpha value is -2.66. The van der Waals surface area contributed by atoms with Crippen molar-refractivity contribution in [3.8, 4) is 5.75 Å². The van der Waals surface area contributed by atoms with E-state index in [4.69, 9.17) is 0 Å². The van der Waals surface area contributed by atoms with Gasteiger partial charge in [-0.2, -0.15) is 10.1 Å². The molecular formula is C19H20N2O3. The van der Waals surface area contributed by atoms with Gasteiger partial charge in [0.2, 0.25) is 0 Å². The molecule has 0 radical (unpaired) electrons. The lowest BCUT2D eigenvalue weighted by Crippen LogP contribution is -2.43. The van der Waals surface area contributed by atoms with E-state index in [0.29, 0.717) is 12.0 Å². The molecule has 0 bridgehead atoms. The van der Waals surface area contributed by atoms with Crippen molar-refractivity contribution in [1.29, 1.82) is 0 Å². The second-order valence-electron chi connectivity index (χ2n) is 6.01. The number of nitrogens with zero attached hydrogens (tertiary/aromatic N) is 2. The molecule has 0 fully saturated rings. The first-order chi connectivity index (χ1) is 11.5. The molecule has 5 heteroatoms. The lowest BCUT2D eigenvalue weighted by molar-refractivity contribution is -0.0766. The van der Waals surface area contributed by atoms with E-state index in [9.17, 15) is 15.0 Å². The van der Waals surface area contributed by atoms with Gasteiger partial charge in [-0.15, -0.1) is 0 Å². The van der Waals surface area contributed by atoms with Crippen LogP contribution in [-0.2, 0) is 5.72 Å². The average molecular weight is 324 g/mol. The lowest BCUT2D eigenvalue weighted by atomic mass is 9.95. The zero-order valence-corrected chi connectivity index (χ0v) is 13.7. The van der Waals surface area contributed by atoms with E-state index in [1.165, 1.54) is 12.1 Å². The summed E-state index contributed by atoms with van der Waals surface area (Å²) >= 11 is 0. The van der Waals surface area contributed by atoms with Gasteiger partial charge in [0.15, 0.2) is 5.72 Å². The van der Waals surface area contributed by atoms with Gasteiger partial charge in [0.25, 0.3) is 5.91 Å². The summed E-state index contributed by atoms with van der Waals surface area (Å²) in [5, 5.41) is 26.6. The van der Waals surface area contributed by atoms with Crippen LogP contribution in [0.1, 0.15) is 41.3 Å². The zero-order valence-electron chi connectivity index (χ0n) is 13.7. The number of phenols is 1. The van der Waals surface area contributed by atoms with E-state index in [0.717, 1.165) is 16.3 Å². The molecule has 1 heterocycles. The number of aryl methyl sites for hydroxylation is 1. The maximum absolute atomic E-state index is 12.9. The Labute approximate surface area is 140 Å². The summed E-state index contributed by atoms with van der Waals surface area (Å²) in [6.07, 6.45) is 0.893. The third kappa shape index (κ3) is 2.67. The Morgan fingerprint density at radius 2 is 1.88 bits per heavy atom. The number of para-hydroxylation sites is 1. The van der Waals surface area contributed by atoms with Crippen molar-refractivity contribution in [1.82, 2.24) is 5.01 Å². The van der Waals surface area contributed by atoms with Crippen molar-refractivity contribution in [2.75, 3.05) is 0 Å². The Balaban J connectivity index is 2.05. The van der Waals surface area contributed by atoms with Crippen LogP contribution in [0.5, 0.6) is 5.75 Å². The van der Waals surface area contributed by atoms with Crippen LogP contribution in [0.4, 0.5) is 0 Å². The fraction of sp³-hybridized carbons (Fsp3) is 0.263. The third-order valence-corrected chi connectivity index (χ3v) is 4.29. The summed E-state index contributed by atoms with van der Waals surface area (Å²) < 4.78 is 0. The van der Waals surface area contributed by atoms with Crippen molar-refractivity contribution in [2.24, 2.45) is 5.10 Å². The molecule has 124 valence electrons. The molecule has 0 unspecified atom stereocenters. The normalized spacial score (nSPS) is 20.1. The van der Waals surface area contributed by atoms with Crippen LogP contribution in [0.2, 0.25) is 0 Å². The van der Waals surface area contributed by atoms with Gasteiger partial charge in [-0.3, -0.25) is 4.79 Å². The maximum atomic E-state index is 12.9. The second kappa shape index (κ2) is 6.09. The first-order valence-electron chi connectivity index (χ1n) is 7.94. The molecule has 1 atom stereocenters. The van der Waals surface area contributed by atoms with Gasteiger partial charge < -0.3 is 10.2 Å². The van der Waals surface area contributed by atoms with E-state index < -0.39 is 11.6 Å². The van der Waals surface area contributed by atoms with Gasteiger partial charge in [0, 0.05) is 17.7 Å². The molecule has 2 aromatic carbocycles. The van der Waals surface area contributed by atoms with Crippen molar-refractivity contribution in [2.45, 2.75) is 32.4 Å². The van der Waals surface area contributed by atoms with Crippen molar-refractivity contribution >= 4 is 11.6 Å². The minimum atomic E-state index is -1.54. The molecule has 1 amide bonds. The molecule has 0 spiro atoms. The van der Waals surface area contributed by atoms with Gasteiger partial charge in [0.05, 0.1) is 5.56 Å². The monoisotopic (exact) mass is 324 g/mol. The number of carbonyl (C=O) groups excluding carboxylic acids is 1. The fourth-order valence-electron chi connectivity index (χ4n) is 2.84. The summed E-state index contributed by atoms with van der Waals surface area (Å²) in [5.41, 5.74) is 0.976. The van der Waals surface area contributed by atoms with Crippen molar-refractivity contribution in [3.63, 3.8) is 0 Å². The number of hydrazone groups is 1. The highest BCUT2D eigenvalue weighted by Gasteiger charge is 2.46. The van der Waals surface area contributed by atoms with Crippen molar-refractivity contribution < 1.29 is 15.0 Å². The smallest absolute Gasteiger partial charge is 0.280 e. The predicted molar refractivity (Wildman–Crippen MR) is 91.7 cm³/mol. The molecule has 1 aliphatic rings. The molecule has 24 heavy (non-hydrogen) atoms. The average Bonchev–Trinajstić information content (AvgIpc) is 2.93. The minimum Gasteiger partial charge on any atom is -0.507 e. The van der Waals surface area contributed by atoms with Crippen LogP contribution in [0, 0.1) is 6.92 Å². The molecule has 3 rings (SSSR count). The highest BCUT2D eigenvalue weighted by Crippen LogP contribution is 2.38. The standard InChI is InChI=1S/C19H20N2O3/c1-3-15-12-19(24,14-10-8-13(2)9-11-14)21(20-15)18(23)16-6-4-5-7-17(16)22/h4-11,22,24H,3,12H2,1-2H3/t19-/m1/s1. The molecule has 0 saturated carbocycles. The van der Waals surface area contributed by atoms with Crippen LogP contribution in [0.3, 0.4) is 0 Å². The number of benzene rings is 2. The van der Waals surface area contributed by atoms with Crippen LogP contribution >= 0.6 is 0 Å². The molecule has 5 nitrogen and oxygen atoms in total. The lowest BCUT2D eigenvalue weighted by Gasteiger charge is -2.31. The highest BCUT2D eigenvalue weighted by molar-refractivity contribution is 6.00. The number of phenolic OH excluding ortho intramolecular Hbond substituents is 1. The van der Waals surface area contributed by atoms with Gasteiger partial charge in [-0.1, -0.05) is 48.9 Å². The maximum Gasteiger partial charge on any atom is 0.280 e. The fourth-order valence-corrected chi connectivity index (χ4v) is 2.84. The molecule has 1 aliphatic heterocycles. The quantitative estimate of drug-likeness (QED) is 0.911. The molecule has 0 saturated heterocycles. The molecule has 2 N–H and O–H groups in total. The number of carbonyl (C=O) groups is 1. The minimum absolute atomic E-state index is 0.115. The summed E-state index contributed by atoms with van der Waals surface area (Å²) in [6, 6.07) is 13.6. The SMILES string of the molecule is CCC1=NN(C(=O)c2ccccc2O)[C@](O)(c2ccc(C)cc2)C1. The first kappa shape index (κ1) is 16.2. The van der Waals surface area contributed by atoms with Crippen LogP contribution in [0.15, 0.2) is 53.6 Å². The van der Waals surface area contributed by atoms with E-state index in [1.807, 2.05) is 26.0 Å². The summed E-state index contributed by atoms with van der Waals surface area (Å²) in [5.74, 6) is -0.659. The first-order valence-corrected chi connectivity index (χ1v) is 7.94. The van der Waals surface area contributed by atoms with E-state index in [-0.39, 0.29) is 17.7 Å². The Bertz CT molecular complexity index is 799.